The second-order valence-electron chi connectivity index (χ2n) is 6.78. The molecular formula is C20H18F2N2O3. The van der Waals surface area contributed by atoms with Gasteiger partial charge in [0.1, 0.15) is 17.7 Å². The highest BCUT2D eigenvalue weighted by atomic mass is 19.1. The standard InChI is InChI=1S/C20H18F2N2O3/c1-11(2)9-17(18(25)23-16-8-7-12(21)10-15(16)22)24-19(26)13-5-3-4-6-14(13)20(24)27/h3-8,10-11,17H,9H2,1-2H3,(H,23,25)/t17-/m0/s1. The van der Waals surface area contributed by atoms with Gasteiger partial charge in [-0.25, -0.2) is 8.78 Å². The Kier molecular flexibility index (Phi) is 5.03. The third-order valence-electron chi connectivity index (χ3n) is 4.32. The smallest absolute Gasteiger partial charge is 0.262 e. The molecule has 0 saturated heterocycles. The molecule has 3 rings (SSSR count). The molecule has 140 valence electrons. The molecule has 0 unspecified atom stereocenters. The molecule has 1 heterocycles. The van der Waals surface area contributed by atoms with Crippen molar-refractivity contribution < 1.29 is 23.2 Å². The first-order chi connectivity index (χ1) is 12.8. The number of carbonyl (C=O) groups is 3. The minimum absolute atomic E-state index is 0.0110. The van der Waals surface area contributed by atoms with E-state index in [2.05, 4.69) is 5.32 Å². The van der Waals surface area contributed by atoms with E-state index in [1.54, 1.807) is 12.1 Å². The number of rotatable bonds is 5. The molecule has 0 aromatic heterocycles. The highest BCUT2D eigenvalue weighted by Gasteiger charge is 2.42. The Morgan fingerprint density at radius 3 is 2.15 bits per heavy atom. The van der Waals surface area contributed by atoms with Crippen LogP contribution >= 0.6 is 0 Å². The summed E-state index contributed by atoms with van der Waals surface area (Å²) >= 11 is 0. The summed E-state index contributed by atoms with van der Waals surface area (Å²) < 4.78 is 26.9. The Labute approximate surface area is 155 Å². The van der Waals surface area contributed by atoms with Crippen LogP contribution in [0.4, 0.5) is 14.5 Å². The Bertz CT molecular complexity index is 892. The second kappa shape index (κ2) is 7.26. The number of amides is 3. The molecule has 1 aliphatic heterocycles. The maximum atomic E-state index is 13.9. The highest BCUT2D eigenvalue weighted by Crippen LogP contribution is 2.28. The van der Waals surface area contributed by atoms with E-state index in [9.17, 15) is 23.2 Å². The fraction of sp³-hybridized carbons (Fsp3) is 0.250. The van der Waals surface area contributed by atoms with Gasteiger partial charge in [-0.3, -0.25) is 19.3 Å². The number of anilines is 1. The molecule has 1 aliphatic rings. The topological polar surface area (TPSA) is 66.5 Å². The number of hydrogen-bond donors (Lipinski definition) is 1. The summed E-state index contributed by atoms with van der Waals surface area (Å²) in [6.45, 7) is 3.69. The van der Waals surface area contributed by atoms with E-state index in [1.807, 2.05) is 13.8 Å². The van der Waals surface area contributed by atoms with Gasteiger partial charge in [-0.1, -0.05) is 26.0 Å². The zero-order valence-corrected chi connectivity index (χ0v) is 14.8. The van der Waals surface area contributed by atoms with Gasteiger partial charge in [-0.15, -0.1) is 0 Å². The second-order valence-corrected chi connectivity index (χ2v) is 6.78. The van der Waals surface area contributed by atoms with Gasteiger partial charge in [0.05, 0.1) is 16.8 Å². The number of imide groups is 1. The van der Waals surface area contributed by atoms with Crippen molar-refractivity contribution in [1.29, 1.82) is 0 Å². The third kappa shape index (κ3) is 3.58. The largest absolute Gasteiger partial charge is 0.322 e. The fourth-order valence-electron chi connectivity index (χ4n) is 3.07. The van der Waals surface area contributed by atoms with Gasteiger partial charge in [-0.05, 0) is 36.6 Å². The molecule has 0 radical (unpaired) electrons. The van der Waals surface area contributed by atoms with Crippen LogP contribution in [-0.2, 0) is 4.79 Å². The first kappa shape index (κ1) is 18.7. The summed E-state index contributed by atoms with van der Waals surface area (Å²) in [5, 5.41) is 2.36. The molecule has 1 N–H and O–H groups in total. The Hall–Kier alpha value is -3.09. The van der Waals surface area contributed by atoms with E-state index >= 15 is 0 Å². The van der Waals surface area contributed by atoms with Crippen LogP contribution in [0.25, 0.3) is 0 Å². The third-order valence-corrected chi connectivity index (χ3v) is 4.32. The van der Waals surface area contributed by atoms with E-state index in [0.717, 1.165) is 17.0 Å². The van der Waals surface area contributed by atoms with Crippen molar-refractivity contribution in [1.82, 2.24) is 4.90 Å². The SMILES string of the molecule is CC(C)C[C@@H](C(=O)Nc1ccc(F)cc1F)N1C(=O)c2ccccc2C1=O. The van der Waals surface area contributed by atoms with Gasteiger partial charge in [0.2, 0.25) is 5.91 Å². The van der Waals surface area contributed by atoms with Gasteiger partial charge in [0.25, 0.3) is 11.8 Å². The molecule has 0 fully saturated rings. The Morgan fingerprint density at radius 2 is 1.63 bits per heavy atom. The molecule has 0 spiro atoms. The van der Waals surface area contributed by atoms with Crippen LogP contribution in [0, 0.1) is 17.6 Å². The average Bonchev–Trinajstić information content (AvgIpc) is 2.86. The number of nitrogens with one attached hydrogen (secondary N) is 1. The summed E-state index contributed by atoms with van der Waals surface area (Å²) in [5.41, 5.74) is 0.251. The summed E-state index contributed by atoms with van der Waals surface area (Å²) in [4.78, 5) is 39.1. The van der Waals surface area contributed by atoms with Gasteiger partial charge in [-0.2, -0.15) is 0 Å². The van der Waals surface area contributed by atoms with Crippen LogP contribution in [0.1, 0.15) is 41.0 Å². The summed E-state index contributed by atoms with van der Waals surface area (Å²) in [5.74, 6) is -3.54. The number of hydrogen-bond acceptors (Lipinski definition) is 3. The maximum Gasteiger partial charge on any atom is 0.262 e. The van der Waals surface area contributed by atoms with Crippen molar-refractivity contribution in [3.05, 3.63) is 65.2 Å². The minimum atomic E-state index is -1.11. The summed E-state index contributed by atoms with van der Waals surface area (Å²) in [6.07, 6.45) is 0.208. The zero-order valence-electron chi connectivity index (χ0n) is 14.8. The molecule has 2 aromatic carbocycles. The van der Waals surface area contributed by atoms with Crippen LogP contribution < -0.4 is 5.32 Å². The maximum absolute atomic E-state index is 13.9. The van der Waals surface area contributed by atoms with E-state index in [-0.39, 0.29) is 29.2 Å². The molecular weight excluding hydrogens is 354 g/mol. The van der Waals surface area contributed by atoms with Crippen molar-refractivity contribution in [2.75, 3.05) is 5.32 Å². The first-order valence-electron chi connectivity index (χ1n) is 8.52. The normalized spacial score (nSPS) is 14.5. The lowest BCUT2D eigenvalue weighted by Gasteiger charge is -2.26. The molecule has 0 bridgehead atoms. The summed E-state index contributed by atoms with van der Waals surface area (Å²) in [7, 11) is 0. The monoisotopic (exact) mass is 372 g/mol. The molecule has 3 amide bonds. The van der Waals surface area contributed by atoms with Crippen molar-refractivity contribution in [2.24, 2.45) is 5.92 Å². The lowest BCUT2D eigenvalue weighted by atomic mass is 10.0. The zero-order chi connectivity index (χ0) is 19.7. The van der Waals surface area contributed by atoms with E-state index in [4.69, 9.17) is 0 Å². The first-order valence-corrected chi connectivity index (χ1v) is 8.52. The van der Waals surface area contributed by atoms with Gasteiger partial charge >= 0.3 is 0 Å². The predicted octanol–water partition coefficient (Wildman–Crippen LogP) is 3.61. The van der Waals surface area contributed by atoms with Crippen LogP contribution in [0.15, 0.2) is 42.5 Å². The predicted molar refractivity (Wildman–Crippen MR) is 95.2 cm³/mol. The van der Waals surface area contributed by atoms with Crippen LogP contribution in [-0.4, -0.2) is 28.7 Å². The van der Waals surface area contributed by atoms with Gasteiger partial charge in [0, 0.05) is 6.07 Å². The lowest BCUT2D eigenvalue weighted by molar-refractivity contribution is -0.120. The number of halogens is 2. The van der Waals surface area contributed by atoms with Crippen molar-refractivity contribution in [3.8, 4) is 0 Å². The van der Waals surface area contributed by atoms with Gasteiger partial charge in [0.15, 0.2) is 0 Å². The van der Waals surface area contributed by atoms with Crippen LogP contribution in [0.3, 0.4) is 0 Å². The van der Waals surface area contributed by atoms with E-state index in [1.165, 1.54) is 12.1 Å². The molecule has 2 aromatic rings. The minimum Gasteiger partial charge on any atom is -0.322 e. The van der Waals surface area contributed by atoms with Gasteiger partial charge < -0.3 is 5.32 Å². The number of fused-ring (bicyclic) bond motifs is 1. The van der Waals surface area contributed by atoms with Crippen molar-refractivity contribution >= 4 is 23.4 Å². The molecule has 0 saturated carbocycles. The number of carbonyl (C=O) groups excluding carboxylic acids is 3. The van der Waals surface area contributed by atoms with E-state index < -0.39 is 35.4 Å². The van der Waals surface area contributed by atoms with Crippen molar-refractivity contribution in [2.45, 2.75) is 26.3 Å². The van der Waals surface area contributed by atoms with Crippen molar-refractivity contribution in [3.63, 3.8) is 0 Å². The highest BCUT2D eigenvalue weighted by molar-refractivity contribution is 6.23. The number of nitrogens with zero attached hydrogens (tertiary/aromatic N) is 1. The molecule has 0 aliphatic carbocycles. The fourth-order valence-corrected chi connectivity index (χ4v) is 3.07. The quantitative estimate of drug-likeness (QED) is 0.816. The molecule has 1 atom stereocenters. The average molecular weight is 372 g/mol. The Morgan fingerprint density at radius 1 is 1.04 bits per heavy atom. The number of benzene rings is 2. The molecule has 7 heteroatoms. The Balaban J connectivity index is 1.91. The lowest BCUT2D eigenvalue weighted by Crippen LogP contribution is -2.48. The van der Waals surface area contributed by atoms with Crippen LogP contribution in [0.2, 0.25) is 0 Å². The summed E-state index contributed by atoms with van der Waals surface area (Å²) in [6, 6.07) is 7.98. The molecule has 5 nitrogen and oxygen atoms in total. The van der Waals surface area contributed by atoms with Crippen LogP contribution in [0.5, 0.6) is 0 Å². The van der Waals surface area contributed by atoms with E-state index in [0.29, 0.717) is 6.07 Å². The molecule has 27 heavy (non-hydrogen) atoms.